The van der Waals surface area contributed by atoms with E-state index in [4.69, 9.17) is 9.84 Å². The molecule has 1 aromatic heterocycles. The van der Waals surface area contributed by atoms with Crippen molar-refractivity contribution in [1.82, 2.24) is 4.98 Å². The van der Waals surface area contributed by atoms with Crippen molar-refractivity contribution in [1.29, 1.82) is 0 Å². The van der Waals surface area contributed by atoms with E-state index in [1.165, 1.54) is 7.11 Å². The molecule has 82 valence electrons. The van der Waals surface area contributed by atoms with Crippen molar-refractivity contribution in [2.45, 2.75) is 0 Å². The van der Waals surface area contributed by atoms with Gasteiger partial charge in [-0.15, -0.1) is 0 Å². The lowest BCUT2D eigenvalue weighted by Gasteiger charge is -1.97. The van der Waals surface area contributed by atoms with Crippen LogP contribution in [-0.4, -0.2) is 23.2 Å². The summed E-state index contributed by atoms with van der Waals surface area (Å²) in [7, 11) is 1.47. The summed E-state index contributed by atoms with van der Waals surface area (Å²) in [6.45, 7) is 0. The maximum atomic E-state index is 11.0. The van der Waals surface area contributed by atoms with Gasteiger partial charge >= 0.3 is 5.97 Å². The zero-order valence-electron chi connectivity index (χ0n) is 8.51. The van der Waals surface area contributed by atoms with Gasteiger partial charge in [0.05, 0.1) is 12.8 Å². The third-order valence-electron chi connectivity index (χ3n) is 2.02. The van der Waals surface area contributed by atoms with E-state index in [1.807, 2.05) is 30.3 Å². The molecule has 0 aliphatic heterocycles. The number of nitrogens with zero attached hydrogens (tertiary/aromatic N) is 1. The molecule has 1 heterocycles. The molecule has 4 nitrogen and oxygen atoms in total. The number of benzene rings is 1. The number of hydrogen-bond donors (Lipinski definition) is 1. The van der Waals surface area contributed by atoms with Crippen molar-refractivity contribution in [3.05, 3.63) is 35.2 Å². The average Bonchev–Trinajstić information content (AvgIpc) is 2.74. The lowest BCUT2D eigenvalue weighted by atomic mass is 10.1. The van der Waals surface area contributed by atoms with Gasteiger partial charge in [-0.25, -0.2) is 9.78 Å². The molecule has 0 atom stereocenters. The molecule has 5 heteroatoms. The van der Waals surface area contributed by atoms with E-state index >= 15 is 0 Å². The molecular weight excluding hydrogens is 226 g/mol. The predicted molar refractivity (Wildman–Crippen MR) is 61.1 cm³/mol. The molecular formula is C11H9NO3S. The minimum absolute atomic E-state index is 0.197. The monoisotopic (exact) mass is 235 g/mol. The summed E-state index contributed by atoms with van der Waals surface area (Å²) in [5.74, 6) is -0.986. The van der Waals surface area contributed by atoms with Crippen molar-refractivity contribution in [2.24, 2.45) is 0 Å². The minimum atomic E-state index is -0.986. The van der Waals surface area contributed by atoms with Crippen LogP contribution in [0.25, 0.3) is 11.3 Å². The summed E-state index contributed by atoms with van der Waals surface area (Å²) >= 11 is 1.03. The second kappa shape index (κ2) is 4.32. The molecule has 0 radical (unpaired) electrons. The van der Waals surface area contributed by atoms with Gasteiger partial charge in [-0.3, -0.25) is 0 Å². The van der Waals surface area contributed by atoms with Crippen LogP contribution in [0, 0.1) is 0 Å². The zero-order valence-corrected chi connectivity index (χ0v) is 9.32. The van der Waals surface area contributed by atoms with Gasteiger partial charge in [0.25, 0.3) is 5.19 Å². The Labute approximate surface area is 96.1 Å². The van der Waals surface area contributed by atoms with Crippen LogP contribution in [-0.2, 0) is 0 Å². The van der Waals surface area contributed by atoms with Crippen molar-refractivity contribution < 1.29 is 14.6 Å². The highest BCUT2D eigenvalue weighted by Crippen LogP contribution is 2.32. The van der Waals surface area contributed by atoms with E-state index in [2.05, 4.69) is 4.98 Å². The quantitative estimate of drug-likeness (QED) is 0.888. The highest BCUT2D eigenvalue weighted by molar-refractivity contribution is 7.15. The summed E-state index contributed by atoms with van der Waals surface area (Å²) in [6.07, 6.45) is 0. The molecule has 1 aromatic carbocycles. The Morgan fingerprint density at radius 2 is 2.06 bits per heavy atom. The van der Waals surface area contributed by atoms with Crippen LogP contribution in [0.1, 0.15) is 9.67 Å². The molecule has 16 heavy (non-hydrogen) atoms. The zero-order chi connectivity index (χ0) is 11.5. The number of rotatable bonds is 3. The Kier molecular flexibility index (Phi) is 2.87. The molecule has 0 bridgehead atoms. The standard InChI is InChI=1S/C11H9NO3S/c1-15-11-12-8(9(16-11)10(13)14)7-5-3-2-4-6-7/h2-6H,1H3,(H,13,14). The Morgan fingerprint density at radius 3 is 2.62 bits per heavy atom. The molecule has 0 fully saturated rings. The number of ether oxygens (including phenoxy) is 1. The predicted octanol–water partition coefficient (Wildman–Crippen LogP) is 2.52. The Hall–Kier alpha value is -1.88. The lowest BCUT2D eigenvalue weighted by molar-refractivity contribution is 0.0702. The maximum Gasteiger partial charge on any atom is 0.348 e. The van der Waals surface area contributed by atoms with Gasteiger partial charge in [-0.05, 0) is 0 Å². The lowest BCUT2D eigenvalue weighted by Crippen LogP contribution is -1.95. The SMILES string of the molecule is COc1nc(-c2ccccc2)c(C(=O)O)s1. The van der Waals surface area contributed by atoms with Gasteiger partial charge in [0.2, 0.25) is 0 Å². The van der Waals surface area contributed by atoms with Crippen LogP contribution >= 0.6 is 11.3 Å². The van der Waals surface area contributed by atoms with E-state index < -0.39 is 5.97 Å². The summed E-state index contributed by atoms with van der Waals surface area (Å²) in [5.41, 5.74) is 1.23. The first-order valence-electron chi connectivity index (χ1n) is 4.56. The highest BCUT2D eigenvalue weighted by Gasteiger charge is 2.18. The fourth-order valence-electron chi connectivity index (χ4n) is 1.32. The van der Waals surface area contributed by atoms with Crippen LogP contribution in [0.15, 0.2) is 30.3 Å². The smallest absolute Gasteiger partial charge is 0.348 e. The summed E-state index contributed by atoms with van der Waals surface area (Å²) in [4.78, 5) is 15.4. The van der Waals surface area contributed by atoms with Crippen LogP contribution in [0.2, 0.25) is 0 Å². The number of methoxy groups -OCH3 is 1. The van der Waals surface area contributed by atoms with Crippen LogP contribution in [0.3, 0.4) is 0 Å². The molecule has 0 saturated carbocycles. The molecule has 0 amide bonds. The van der Waals surface area contributed by atoms with Gasteiger partial charge < -0.3 is 9.84 Å². The summed E-state index contributed by atoms with van der Waals surface area (Å²) < 4.78 is 4.95. The van der Waals surface area contributed by atoms with Crippen molar-refractivity contribution >= 4 is 17.3 Å². The van der Waals surface area contributed by atoms with Crippen molar-refractivity contribution in [2.75, 3.05) is 7.11 Å². The molecule has 2 aromatic rings. The minimum Gasteiger partial charge on any atom is -0.477 e. The number of carbonyl (C=O) groups is 1. The number of carboxylic acids is 1. The largest absolute Gasteiger partial charge is 0.477 e. The molecule has 0 saturated heterocycles. The van der Waals surface area contributed by atoms with Crippen LogP contribution in [0.5, 0.6) is 5.19 Å². The fourth-order valence-corrected chi connectivity index (χ4v) is 2.07. The Morgan fingerprint density at radius 1 is 1.38 bits per heavy atom. The van der Waals surface area contributed by atoms with Gasteiger partial charge in [0.15, 0.2) is 0 Å². The van der Waals surface area contributed by atoms with E-state index in [1.54, 1.807) is 0 Å². The van der Waals surface area contributed by atoms with E-state index in [9.17, 15) is 4.79 Å². The average molecular weight is 235 g/mol. The van der Waals surface area contributed by atoms with E-state index in [0.29, 0.717) is 10.9 Å². The molecule has 0 unspecified atom stereocenters. The Balaban J connectivity index is 2.55. The first-order valence-corrected chi connectivity index (χ1v) is 5.37. The molecule has 0 aliphatic rings. The topological polar surface area (TPSA) is 59.4 Å². The second-order valence-corrected chi connectivity index (χ2v) is 3.99. The second-order valence-electron chi connectivity index (χ2n) is 3.03. The summed E-state index contributed by atoms with van der Waals surface area (Å²) in [6, 6.07) is 9.19. The number of carboxylic acid groups (broad SMARTS) is 1. The number of aromatic carboxylic acids is 1. The highest BCUT2D eigenvalue weighted by atomic mass is 32.1. The number of aromatic nitrogens is 1. The molecule has 0 aliphatic carbocycles. The fraction of sp³-hybridized carbons (Fsp3) is 0.0909. The maximum absolute atomic E-state index is 11.0. The van der Waals surface area contributed by atoms with E-state index in [-0.39, 0.29) is 4.88 Å². The van der Waals surface area contributed by atoms with Gasteiger partial charge in [0, 0.05) is 5.56 Å². The number of thiazole rings is 1. The number of hydrogen-bond acceptors (Lipinski definition) is 4. The van der Waals surface area contributed by atoms with Crippen molar-refractivity contribution in [3.8, 4) is 16.5 Å². The van der Waals surface area contributed by atoms with Gasteiger partial charge in [0.1, 0.15) is 4.88 Å². The van der Waals surface area contributed by atoms with Gasteiger partial charge in [-0.1, -0.05) is 41.7 Å². The normalized spacial score (nSPS) is 10.1. The molecule has 1 N–H and O–H groups in total. The third-order valence-corrected chi connectivity index (χ3v) is 3.03. The Bertz CT molecular complexity index is 507. The van der Waals surface area contributed by atoms with Crippen molar-refractivity contribution in [3.63, 3.8) is 0 Å². The molecule has 2 rings (SSSR count). The summed E-state index contributed by atoms with van der Waals surface area (Å²) in [5, 5.41) is 9.41. The first-order chi connectivity index (χ1) is 7.72. The molecule has 0 spiro atoms. The van der Waals surface area contributed by atoms with Crippen LogP contribution < -0.4 is 4.74 Å². The van der Waals surface area contributed by atoms with Gasteiger partial charge in [-0.2, -0.15) is 0 Å². The van der Waals surface area contributed by atoms with Crippen LogP contribution in [0.4, 0.5) is 0 Å². The first kappa shape index (κ1) is 10.6. The third kappa shape index (κ3) is 1.90. The van der Waals surface area contributed by atoms with E-state index in [0.717, 1.165) is 16.9 Å².